The Morgan fingerprint density at radius 3 is 2.71 bits per heavy atom. The number of aromatic amines is 1. The number of anilines is 2. The number of H-pyrrole nitrogens is 1. The molecule has 3 heterocycles. The molecule has 0 aliphatic rings. The van der Waals surface area contributed by atoms with Gasteiger partial charge in [-0.3, -0.25) is 0 Å². The highest BCUT2D eigenvalue weighted by atomic mass is 32.1. The van der Waals surface area contributed by atoms with Crippen molar-refractivity contribution in [1.82, 2.24) is 15.0 Å². The predicted octanol–water partition coefficient (Wildman–Crippen LogP) is 7.30. The minimum Gasteiger partial charge on any atom is -0.354 e. The normalized spacial score (nSPS) is 11.5. The van der Waals surface area contributed by atoms with Crippen LogP contribution < -0.4 is 5.32 Å². The maximum absolute atomic E-state index is 4.59. The Balaban J connectivity index is 1.46. The van der Waals surface area contributed by atoms with E-state index in [-0.39, 0.29) is 0 Å². The van der Waals surface area contributed by atoms with Crippen molar-refractivity contribution in [2.24, 2.45) is 0 Å². The van der Waals surface area contributed by atoms with Crippen LogP contribution in [0.1, 0.15) is 12.5 Å². The summed E-state index contributed by atoms with van der Waals surface area (Å²) in [5.74, 6) is 0.829. The summed E-state index contributed by atoms with van der Waals surface area (Å²) >= 11 is 1.65. The van der Waals surface area contributed by atoms with Gasteiger partial charge in [0.1, 0.15) is 17.0 Å². The summed E-state index contributed by atoms with van der Waals surface area (Å²) in [4.78, 5) is 13.7. The molecule has 0 saturated heterocycles. The molecule has 0 spiro atoms. The number of hydrogen-bond donors (Lipinski definition) is 2. The number of hydrogen-bond acceptors (Lipinski definition) is 4. The molecule has 6 rings (SSSR count). The van der Waals surface area contributed by atoms with Crippen molar-refractivity contribution in [3.63, 3.8) is 0 Å². The SMILES string of the molecule is CCc1cccc2c1[nH]c1cc(Nc3ncnc4scc(-c5ccccc5)c34)ccc12. The Morgan fingerprint density at radius 2 is 1.84 bits per heavy atom. The Labute approximate surface area is 183 Å². The molecule has 31 heavy (non-hydrogen) atoms. The lowest BCUT2D eigenvalue weighted by Gasteiger charge is -2.09. The van der Waals surface area contributed by atoms with E-state index in [4.69, 9.17) is 0 Å². The number of fused-ring (bicyclic) bond motifs is 4. The average molecular weight is 421 g/mol. The third kappa shape index (κ3) is 2.97. The van der Waals surface area contributed by atoms with Crippen LogP contribution in [0.5, 0.6) is 0 Å². The first kappa shape index (κ1) is 18.1. The van der Waals surface area contributed by atoms with E-state index < -0.39 is 0 Å². The predicted molar refractivity (Wildman–Crippen MR) is 131 cm³/mol. The summed E-state index contributed by atoms with van der Waals surface area (Å²) < 4.78 is 0. The second kappa shape index (κ2) is 7.22. The maximum Gasteiger partial charge on any atom is 0.143 e. The summed E-state index contributed by atoms with van der Waals surface area (Å²) in [5.41, 5.74) is 7.02. The van der Waals surface area contributed by atoms with Crippen molar-refractivity contribution in [1.29, 1.82) is 0 Å². The highest BCUT2D eigenvalue weighted by Gasteiger charge is 2.14. The number of aromatic nitrogens is 3. The van der Waals surface area contributed by atoms with Gasteiger partial charge in [0.2, 0.25) is 0 Å². The van der Waals surface area contributed by atoms with Crippen LogP contribution in [0.4, 0.5) is 11.5 Å². The average Bonchev–Trinajstić information content (AvgIpc) is 3.41. The van der Waals surface area contributed by atoms with Gasteiger partial charge in [-0.2, -0.15) is 0 Å². The van der Waals surface area contributed by atoms with Crippen molar-refractivity contribution < 1.29 is 0 Å². The zero-order chi connectivity index (χ0) is 20.8. The van der Waals surface area contributed by atoms with Gasteiger partial charge in [0.25, 0.3) is 0 Å². The van der Waals surface area contributed by atoms with Crippen LogP contribution in [-0.4, -0.2) is 15.0 Å². The summed E-state index contributed by atoms with van der Waals surface area (Å²) in [5, 5.41) is 9.28. The summed E-state index contributed by atoms with van der Waals surface area (Å²) in [6, 6.07) is 23.4. The molecular formula is C26H20N4S. The molecule has 0 bridgehead atoms. The van der Waals surface area contributed by atoms with Gasteiger partial charge in [-0.25, -0.2) is 9.97 Å². The van der Waals surface area contributed by atoms with Gasteiger partial charge in [0.15, 0.2) is 0 Å². The van der Waals surface area contributed by atoms with E-state index in [1.807, 2.05) is 6.07 Å². The standard InChI is InChI=1S/C26H20N4S/c1-2-16-9-6-10-20-19-12-11-18(13-22(19)30-24(16)20)29-25-23-21(17-7-4-3-5-8-17)14-31-26(23)28-15-27-25/h3-15,30H,2H2,1H3,(H,27,28,29). The highest BCUT2D eigenvalue weighted by Crippen LogP contribution is 2.38. The lowest BCUT2D eigenvalue weighted by atomic mass is 10.1. The minimum atomic E-state index is 0.829. The topological polar surface area (TPSA) is 53.6 Å². The lowest BCUT2D eigenvalue weighted by molar-refractivity contribution is 1.15. The van der Waals surface area contributed by atoms with Crippen molar-refractivity contribution in [3.8, 4) is 11.1 Å². The van der Waals surface area contributed by atoms with E-state index >= 15 is 0 Å². The molecule has 3 aromatic heterocycles. The Bertz CT molecular complexity index is 1550. The molecule has 5 heteroatoms. The van der Waals surface area contributed by atoms with Crippen LogP contribution in [-0.2, 0) is 6.42 Å². The number of aryl methyl sites for hydroxylation is 1. The molecule has 0 aliphatic carbocycles. The van der Waals surface area contributed by atoms with E-state index in [0.717, 1.165) is 39.2 Å². The van der Waals surface area contributed by atoms with Crippen molar-refractivity contribution in [3.05, 3.63) is 84.0 Å². The van der Waals surface area contributed by atoms with Gasteiger partial charge in [0, 0.05) is 38.4 Å². The molecule has 2 N–H and O–H groups in total. The summed E-state index contributed by atoms with van der Waals surface area (Å²) in [6.45, 7) is 2.19. The van der Waals surface area contributed by atoms with E-state index in [0.29, 0.717) is 0 Å². The fourth-order valence-electron chi connectivity index (χ4n) is 4.30. The molecule has 3 aromatic carbocycles. The first-order chi connectivity index (χ1) is 15.3. The van der Waals surface area contributed by atoms with Crippen LogP contribution in [0.25, 0.3) is 43.1 Å². The zero-order valence-corrected chi connectivity index (χ0v) is 17.8. The van der Waals surface area contributed by atoms with E-state index in [9.17, 15) is 0 Å². The Morgan fingerprint density at radius 1 is 0.935 bits per heavy atom. The summed E-state index contributed by atoms with van der Waals surface area (Å²) in [7, 11) is 0. The molecule has 0 atom stereocenters. The molecule has 6 aromatic rings. The van der Waals surface area contributed by atoms with Crippen LogP contribution >= 0.6 is 11.3 Å². The first-order valence-corrected chi connectivity index (χ1v) is 11.3. The number of nitrogens with one attached hydrogen (secondary N) is 2. The van der Waals surface area contributed by atoms with Crippen LogP contribution in [0.3, 0.4) is 0 Å². The first-order valence-electron chi connectivity index (χ1n) is 10.4. The Kier molecular flexibility index (Phi) is 4.21. The van der Waals surface area contributed by atoms with Crippen molar-refractivity contribution in [2.75, 3.05) is 5.32 Å². The van der Waals surface area contributed by atoms with Gasteiger partial charge in [0.05, 0.1) is 5.39 Å². The minimum absolute atomic E-state index is 0.829. The van der Waals surface area contributed by atoms with Crippen molar-refractivity contribution in [2.45, 2.75) is 13.3 Å². The van der Waals surface area contributed by atoms with Crippen LogP contribution in [0.2, 0.25) is 0 Å². The van der Waals surface area contributed by atoms with Crippen LogP contribution in [0.15, 0.2) is 78.4 Å². The van der Waals surface area contributed by atoms with Gasteiger partial charge in [-0.15, -0.1) is 11.3 Å². The molecule has 4 nitrogen and oxygen atoms in total. The third-order valence-corrected chi connectivity index (χ3v) is 6.71. The van der Waals surface area contributed by atoms with Crippen LogP contribution in [0, 0.1) is 0 Å². The molecule has 0 aliphatic heterocycles. The monoisotopic (exact) mass is 420 g/mol. The van der Waals surface area contributed by atoms with Crippen molar-refractivity contribution >= 4 is 54.9 Å². The second-order valence-corrected chi connectivity index (χ2v) is 8.48. The molecular weight excluding hydrogens is 400 g/mol. The Hall–Kier alpha value is -3.70. The lowest BCUT2D eigenvalue weighted by Crippen LogP contribution is -1.95. The second-order valence-electron chi connectivity index (χ2n) is 7.62. The number of rotatable bonds is 4. The fourth-order valence-corrected chi connectivity index (χ4v) is 5.21. The van der Waals surface area contributed by atoms with E-state index in [1.54, 1.807) is 17.7 Å². The van der Waals surface area contributed by atoms with Gasteiger partial charge >= 0.3 is 0 Å². The van der Waals surface area contributed by atoms with E-state index in [1.165, 1.54) is 27.4 Å². The molecule has 0 radical (unpaired) electrons. The van der Waals surface area contributed by atoms with Gasteiger partial charge < -0.3 is 10.3 Å². The smallest absolute Gasteiger partial charge is 0.143 e. The molecule has 150 valence electrons. The zero-order valence-electron chi connectivity index (χ0n) is 17.0. The molecule has 0 fully saturated rings. The maximum atomic E-state index is 4.59. The largest absolute Gasteiger partial charge is 0.354 e. The fraction of sp³-hybridized carbons (Fsp3) is 0.0769. The van der Waals surface area contributed by atoms with E-state index in [2.05, 4.69) is 93.2 Å². The highest BCUT2D eigenvalue weighted by molar-refractivity contribution is 7.17. The third-order valence-electron chi connectivity index (χ3n) is 5.82. The molecule has 0 saturated carbocycles. The number of nitrogens with zero attached hydrogens (tertiary/aromatic N) is 2. The quantitative estimate of drug-likeness (QED) is 0.315. The molecule has 0 unspecified atom stereocenters. The number of benzene rings is 3. The summed E-state index contributed by atoms with van der Waals surface area (Å²) in [6.07, 6.45) is 2.64. The number of para-hydroxylation sites is 1. The molecule has 0 amide bonds. The van der Waals surface area contributed by atoms with Gasteiger partial charge in [-0.1, -0.05) is 61.5 Å². The number of thiophene rings is 1. The van der Waals surface area contributed by atoms with Gasteiger partial charge in [-0.05, 0) is 29.7 Å².